The quantitative estimate of drug-likeness (QED) is 0.292. The van der Waals surface area contributed by atoms with E-state index < -0.39 is 53.5 Å². The van der Waals surface area contributed by atoms with Gasteiger partial charge in [0.15, 0.2) is 0 Å². The Balaban J connectivity index is 1.43. The van der Waals surface area contributed by atoms with Crippen molar-refractivity contribution >= 4 is 40.7 Å². The number of carbonyl (C=O) groups excluding carboxylic acids is 3. The Kier molecular flexibility index (Phi) is 8.14. The fourth-order valence-electron chi connectivity index (χ4n) is 7.74. The van der Waals surface area contributed by atoms with Crippen LogP contribution in [0.3, 0.4) is 0 Å². The summed E-state index contributed by atoms with van der Waals surface area (Å²) in [6.45, 7) is 7.67. The maximum atomic E-state index is 14.7. The van der Waals surface area contributed by atoms with E-state index in [0.717, 1.165) is 5.56 Å². The summed E-state index contributed by atoms with van der Waals surface area (Å²) in [5.74, 6) is -2.58. The smallest absolute Gasteiger partial charge is 0.250 e. The Labute approximate surface area is 267 Å². The van der Waals surface area contributed by atoms with E-state index in [2.05, 4.69) is 10.6 Å². The van der Waals surface area contributed by atoms with Gasteiger partial charge in [-0.2, -0.15) is 0 Å². The number of aryl methyl sites for hydroxylation is 1. The maximum absolute atomic E-state index is 14.7. The van der Waals surface area contributed by atoms with Crippen LogP contribution in [0, 0.1) is 24.7 Å². The number of anilines is 2. The number of ether oxygens (including phenoxy) is 2. The number of likely N-dealkylation sites (tertiary alicyclic amines) is 1. The van der Waals surface area contributed by atoms with Crippen LogP contribution in [0.4, 0.5) is 11.4 Å². The molecule has 3 aromatic carbocycles. The number of halogens is 1. The third-order valence-electron chi connectivity index (χ3n) is 9.88. The van der Waals surface area contributed by atoms with Crippen molar-refractivity contribution in [1.82, 2.24) is 4.90 Å². The number of amides is 3. The maximum Gasteiger partial charge on any atom is 0.250 e. The van der Waals surface area contributed by atoms with Gasteiger partial charge in [-0.15, -0.1) is 0 Å². The van der Waals surface area contributed by atoms with Gasteiger partial charge < -0.3 is 30.1 Å². The monoisotopic (exact) mass is 631 g/mol. The molecule has 10 heteroatoms. The highest BCUT2D eigenvalue weighted by Crippen LogP contribution is 2.66. The van der Waals surface area contributed by atoms with Crippen molar-refractivity contribution < 1.29 is 29.0 Å². The van der Waals surface area contributed by atoms with E-state index in [1.807, 2.05) is 64.1 Å². The topological polar surface area (TPSA) is 117 Å². The van der Waals surface area contributed by atoms with Gasteiger partial charge in [0.25, 0.3) is 0 Å². The first-order valence-electron chi connectivity index (χ1n) is 15.3. The number of hydrogen-bond acceptors (Lipinski definition) is 6. The molecule has 3 unspecified atom stereocenters. The molecule has 7 atom stereocenters. The fourth-order valence-corrected chi connectivity index (χ4v) is 8.01. The number of aliphatic hydroxyl groups is 1. The fraction of sp³-hybridized carbons (Fsp3) is 0.400. The summed E-state index contributed by atoms with van der Waals surface area (Å²) in [4.78, 5) is 44.8. The van der Waals surface area contributed by atoms with Gasteiger partial charge in [0, 0.05) is 5.69 Å². The lowest BCUT2D eigenvalue weighted by Crippen LogP contribution is -2.54. The van der Waals surface area contributed by atoms with Crippen LogP contribution in [0.15, 0.2) is 72.8 Å². The molecule has 3 saturated heterocycles. The molecule has 45 heavy (non-hydrogen) atoms. The van der Waals surface area contributed by atoms with Gasteiger partial charge in [-0.3, -0.25) is 14.4 Å². The molecule has 236 valence electrons. The van der Waals surface area contributed by atoms with E-state index in [-0.39, 0.29) is 11.8 Å². The molecule has 3 heterocycles. The third kappa shape index (κ3) is 4.98. The molecule has 2 bridgehead atoms. The minimum Gasteiger partial charge on any atom is -0.494 e. The standard InChI is InChI=1S/C35H38ClN3O6/c1-5-44-24-16-14-23(15-17-24)37-31(41)27-28-33(43)39(26(19-40)22-11-7-6-8-12-22)30(35(28)18-21(3)34(27,4)45-35)32(42)38-29-20(2)10-9-13-25(29)36/h6-17,21,26-28,30,40H,5,18-19H2,1-4H3,(H,37,41)(H,38,42)/t21?,26-,27-,28+,30?,34+,35?/m1/s1. The number of rotatable bonds is 9. The average Bonchev–Trinajstić information content (AvgIpc) is 3.54. The second kappa shape index (κ2) is 11.8. The largest absolute Gasteiger partial charge is 0.494 e. The van der Waals surface area contributed by atoms with Crippen molar-refractivity contribution in [2.45, 2.75) is 57.4 Å². The van der Waals surface area contributed by atoms with Gasteiger partial charge in [0.05, 0.1) is 47.4 Å². The Morgan fingerprint density at radius 1 is 1.07 bits per heavy atom. The molecular weight excluding hydrogens is 594 g/mol. The molecule has 0 saturated carbocycles. The van der Waals surface area contributed by atoms with Gasteiger partial charge in [-0.05, 0) is 74.6 Å². The van der Waals surface area contributed by atoms with Crippen LogP contribution in [-0.2, 0) is 19.1 Å². The van der Waals surface area contributed by atoms with Crippen molar-refractivity contribution in [2.24, 2.45) is 17.8 Å². The zero-order chi connectivity index (χ0) is 32.1. The molecule has 0 aromatic heterocycles. The van der Waals surface area contributed by atoms with E-state index in [1.54, 1.807) is 36.4 Å². The van der Waals surface area contributed by atoms with E-state index in [9.17, 15) is 19.5 Å². The first kappa shape index (κ1) is 31.1. The Bertz CT molecular complexity index is 1600. The number of nitrogens with one attached hydrogen (secondary N) is 2. The Morgan fingerprint density at radius 3 is 2.42 bits per heavy atom. The van der Waals surface area contributed by atoms with Crippen molar-refractivity contribution in [2.75, 3.05) is 23.8 Å². The van der Waals surface area contributed by atoms with Crippen molar-refractivity contribution in [3.8, 4) is 5.75 Å². The van der Waals surface area contributed by atoms with E-state index in [0.29, 0.717) is 40.7 Å². The van der Waals surface area contributed by atoms with Crippen LogP contribution in [-0.4, -0.2) is 58.2 Å². The molecule has 6 rings (SSSR count). The lowest BCUT2D eigenvalue weighted by atomic mass is 9.62. The predicted molar refractivity (Wildman–Crippen MR) is 171 cm³/mol. The van der Waals surface area contributed by atoms with Crippen LogP contribution >= 0.6 is 11.6 Å². The first-order chi connectivity index (χ1) is 21.6. The van der Waals surface area contributed by atoms with Gasteiger partial charge in [-0.1, -0.05) is 61.0 Å². The summed E-state index contributed by atoms with van der Waals surface area (Å²) in [7, 11) is 0. The number of aliphatic hydroxyl groups excluding tert-OH is 1. The number of carbonyl (C=O) groups is 3. The normalized spacial score (nSPS) is 28.9. The second-order valence-corrected chi connectivity index (χ2v) is 12.8. The number of benzene rings is 3. The molecule has 3 amide bonds. The molecule has 3 aliphatic heterocycles. The second-order valence-electron chi connectivity index (χ2n) is 12.4. The molecular formula is C35H38ClN3O6. The van der Waals surface area contributed by atoms with E-state index >= 15 is 0 Å². The molecule has 3 N–H and O–H groups in total. The van der Waals surface area contributed by atoms with Gasteiger partial charge in [0.1, 0.15) is 17.4 Å². The summed E-state index contributed by atoms with van der Waals surface area (Å²) >= 11 is 6.51. The highest BCUT2D eigenvalue weighted by Gasteiger charge is 2.80. The molecule has 0 aliphatic carbocycles. The predicted octanol–water partition coefficient (Wildman–Crippen LogP) is 5.37. The van der Waals surface area contributed by atoms with Crippen LogP contribution < -0.4 is 15.4 Å². The van der Waals surface area contributed by atoms with Crippen LogP contribution in [0.25, 0.3) is 0 Å². The highest BCUT2D eigenvalue weighted by molar-refractivity contribution is 6.34. The Hall–Kier alpha value is -3.92. The summed E-state index contributed by atoms with van der Waals surface area (Å²) in [6, 6.07) is 19.5. The summed E-state index contributed by atoms with van der Waals surface area (Å²) in [6.07, 6.45) is 0.385. The Morgan fingerprint density at radius 2 is 1.78 bits per heavy atom. The molecule has 3 aromatic rings. The van der Waals surface area contributed by atoms with Gasteiger partial charge in [-0.25, -0.2) is 0 Å². The molecule has 0 radical (unpaired) electrons. The van der Waals surface area contributed by atoms with Crippen molar-refractivity contribution in [1.29, 1.82) is 0 Å². The van der Waals surface area contributed by atoms with Gasteiger partial charge >= 0.3 is 0 Å². The number of para-hydroxylation sites is 1. The zero-order valence-corrected chi connectivity index (χ0v) is 26.5. The SMILES string of the molecule is CCOc1ccc(NC(=O)[C@H]2[C@H]3C(=O)N([C@H](CO)c4ccccc4)C(C(=O)Nc4c(C)cccc4Cl)C34CC(C)[C@]2(C)O4)cc1. The lowest BCUT2D eigenvalue weighted by molar-refractivity contribution is -0.148. The average molecular weight is 632 g/mol. The summed E-state index contributed by atoms with van der Waals surface area (Å²) in [5.41, 5.74) is 0.0937. The zero-order valence-electron chi connectivity index (χ0n) is 25.7. The van der Waals surface area contributed by atoms with Crippen LogP contribution in [0.5, 0.6) is 5.75 Å². The summed E-state index contributed by atoms with van der Waals surface area (Å²) < 4.78 is 12.4. The summed E-state index contributed by atoms with van der Waals surface area (Å²) in [5, 5.41) is 17.1. The van der Waals surface area contributed by atoms with Crippen LogP contribution in [0.2, 0.25) is 5.02 Å². The van der Waals surface area contributed by atoms with E-state index in [1.165, 1.54) is 4.90 Å². The van der Waals surface area contributed by atoms with Crippen LogP contribution in [0.1, 0.15) is 44.4 Å². The molecule has 1 spiro atoms. The van der Waals surface area contributed by atoms with Crippen molar-refractivity contribution in [3.63, 3.8) is 0 Å². The first-order valence-corrected chi connectivity index (χ1v) is 15.7. The van der Waals surface area contributed by atoms with Gasteiger partial charge in [0.2, 0.25) is 17.7 Å². The van der Waals surface area contributed by atoms with E-state index in [4.69, 9.17) is 21.1 Å². The number of hydrogen-bond donors (Lipinski definition) is 3. The third-order valence-corrected chi connectivity index (χ3v) is 10.2. The highest BCUT2D eigenvalue weighted by atomic mass is 35.5. The molecule has 3 aliphatic rings. The molecule has 3 fully saturated rings. The van der Waals surface area contributed by atoms with Crippen molar-refractivity contribution in [3.05, 3.63) is 88.9 Å². The minimum atomic E-state index is -1.31. The molecule has 9 nitrogen and oxygen atoms in total. The minimum absolute atomic E-state index is 0.153. The number of nitrogens with zero attached hydrogens (tertiary/aromatic N) is 1. The lowest BCUT2D eigenvalue weighted by Gasteiger charge is -2.37. The number of fused-ring (bicyclic) bond motifs is 1.